The van der Waals surface area contributed by atoms with Gasteiger partial charge in [0.05, 0.1) is 6.42 Å². The summed E-state index contributed by atoms with van der Waals surface area (Å²) in [6, 6.07) is 3.89. The molecular weight excluding hydrogens is 254 g/mol. The number of aromatic nitrogens is 3. The zero-order valence-electron chi connectivity index (χ0n) is 11.8. The van der Waals surface area contributed by atoms with Gasteiger partial charge in [-0.05, 0) is 31.9 Å². The maximum Gasteiger partial charge on any atom is 0.307 e. The summed E-state index contributed by atoms with van der Waals surface area (Å²) in [6.45, 7) is 5.68. The van der Waals surface area contributed by atoms with E-state index in [1.165, 1.54) is 0 Å². The van der Waals surface area contributed by atoms with Crippen molar-refractivity contribution < 1.29 is 9.90 Å². The van der Waals surface area contributed by atoms with Crippen molar-refractivity contribution in [3.8, 4) is 11.5 Å². The number of hydrogen-bond donors (Lipinski definition) is 1. The molecule has 104 valence electrons. The van der Waals surface area contributed by atoms with Gasteiger partial charge in [-0.15, -0.1) is 0 Å². The van der Waals surface area contributed by atoms with Gasteiger partial charge in [0.2, 0.25) is 0 Å². The van der Waals surface area contributed by atoms with Gasteiger partial charge in [-0.25, -0.2) is 9.97 Å². The van der Waals surface area contributed by atoms with Gasteiger partial charge in [-0.3, -0.25) is 9.78 Å². The average molecular weight is 271 g/mol. The highest BCUT2D eigenvalue weighted by atomic mass is 16.4. The Morgan fingerprint density at radius 1 is 1.25 bits per heavy atom. The number of carbonyl (C=O) groups is 1. The molecule has 2 rings (SSSR count). The van der Waals surface area contributed by atoms with Gasteiger partial charge in [0.25, 0.3) is 0 Å². The van der Waals surface area contributed by atoms with Crippen LogP contribution in [0.25, 0.3) is 11.5 Å². The Morgan fingerprint density at radius 2 is 1.90 bits per heavy atom. The lowest BCUT2D eigenvalue weighted by Gasteiger charge is -2.10. The van der Waals surface area contributed by atoms with Crippen LogP contribution in [-0.4, -0.2) is 26.0 Å². The quantitative estimate of drug-likeness (QED) is 0.923. The molecule has 20 heavy (non-hydrogen) atoms. The van der Waals surface area contributed by atoms with Crippen LogP contribution in [0.15, 0.2) is 18.3 Å². The monoisotopic (exact) mass is 271 g/mol. The summed E-state index contributed by atoms with van der Waals surface area (Å²) in [5, 5.41) is 8.92. The predicted molar refractivity (Wildman–Crippen MR) is 75.5 cm³/mol. The minimum atomic E-state index is -0.875. The standard InChI is InChI=1S/C15H17N3O2/c1-4-11-6-5-7-16-14(11)15-17-9(2)12(8-13(19)20)10(3)18-15/h5-7H,4,8H2,1-3H3,(H,19,20). The number of hydrogen-bond acceptors (Lipinski definition) is 4. The maximum atomic E-state index is 10.9. The van der Waals surface area contributed by atoms with Crippen LogP contribution in [0.3, 0.4) is 0 Å². The van der Waals surface area contributed by atoms with Crippen LogP contribution in [-0.2, 0) is 17.6 Å². The first kappa shape index (κ1) is 14.1. The first-order chi connectivity index (χ1) is 9.52. The minimum Gasteiger partial charge on any atom is -0.481 e. The Balaban J connectivity index is 2.52. The fourth-order valence-corrected chi connectivity index (χ4v) is 2.18. The fourth-order valence-electron chi connectivity index (χ4n) is 2.18. The fraction of sp³-hybridized carbons (Fsp3) is 0.333. The van der Waals surface area contributed by atoms with E-state index in [4.69, 9.17) is 5.11 Å². The molecule has 0 saturated carbocycles. The SMILES string of the molecule is CCc1cccnc1-c1nc(C)c(CC(=O)O)c(C)n1. The van der Waals surface area contributed by atoms with E-state index in [1.807, 2.05) is 26.0 Å². The van der Waals surface area contributed by atoms with Crippen molar-refractivity contribution >= 4 is 5.97 Å². The summed E-state index contributed by atoms with van der Waals surface area (Å²) in [5.74, 6) is -0.314. The Hall–Kier alpha value is -2.30. The second-order valence-electron chi connectivity index (χ2n) is 4.63. The topological polar surface area (TPSA) is 76.0 Å². The van der Waals surface area contributed by atoms with Crippen LogP contribution < -0.4 is 0 Å². The molecule has 0 aliphatic rings. The van der Waals surface area contributed by atoms with E-state index in [0.717, 1.165) is 17.7 Å². The van der Waals surface area contributed by atoms with Crippen molar-refractivity contribution in [3.05, 3.63) is 40.8 Å². The van der Waals surface area contributed by atoms with Crippen LogP contribution in [0.4, 0.5) is 0 Å². The maximum absolute atomic E-state index is 10.9. The number of carboxylic acids is 1. The Morgan fingerprint density at radius 3 is 2.45 bits per heavy atom. The highest BCUT2D eigenvalue weighted by molar-refractivity contribution is 5.71. The molecule has 5 nitrogen and oxygen atoms in total. The molecule has 2 aromatic rings. The van der Waals surface area contributed by atoms with E-state index in [0.29, 0.717) is 22.8 Å². The lowest BCUT2D eigenvalue weighted by Crippen LogP contribution is -2.09. The summed E-state index contributed by atoms with van der Waals surface area (Å²) >= 11 is 0. The Kier molecular flexibility index (Phi) is 4.08. The van der Waals surface area contributed by atoms with Crippen LogP contribution >= 0.6 is 0 Å². The molecule has 0 saturated heterocycles. The number of rotatable bonds is 4. The molecule has 0 spiro atoms. The summed E-state index contributed by atoms with van der Waals surface area (Å²) in [6.07, 6.45) is 2.51. The number of nitrogens with zero attached hydrogens (tertiary/aromatic N) is 3. The molecule has 2 aromatic heterocycles. The smallest absolute Gasteiger partial charge is 0.307 e. The molecule has 0 unspecified atom stereocenters. The van der Waals surface area contributed by atoms with Crippen molar-refractivity contribution in [2.45, 2.75) is 33.6 Å². The summed E-state index contributed by atoms with van der Waals surface area (Å²) in [4.78, 5) is 24.1. The van der Waals surface area contributed by atoms with Crippen molar-refractivity contribution in [1.82, 2.24) is 15.0 Å². The highest BCUT2D eigenvalue weighted by Crippen LogP contribution is 2.21. The van der Waals surface area contributed by atoms with Crippen LogP contribution in [0.5, 0.6) is 0 Å². The van der Waals surface area contributed by atoms with E-state index in [1.54, 1.807) is 6.20 Å². The first-order valence-corrected chi connectivity index (χ1v) is 6.53. The predicted octanol–water partition coefficient (Wildman–Crippen LogP) is 2.34. The zero-order chi connectivity index (χ0) is 14.7. The van der Waals surface area contributed by atoms with Crippen molar-refractivity contribution in [1.29, 1.82) is 0 Å². The van der Waals surface area contributed by atoms with Gasteiger partial charge in [0.1, 0.15) is 5.69 Å². The Labute approximate surface area is 117 Å². The third-order valence-electron chi connectivity index (χ3n) is 3.23. The molecule has 0 aliphatic heterocycles. The lowest BCUT2D eigenvalue weighted by molar-refractivity contribution is -0.136. The molecule has 0 aliphatic carbocycles. The van der Waals surface area contributed by atoms with Crippen LogP contribution in [0.2, 0.25) is 0 Å². The van der Waals surface area contributed by atoms with E-state index >= 15 is 0 Å². The molecule has 1 N–H and O–H groups in total. The zero-order valence-corrected chi connectivity index (χ0v) is 11.8. The first-order valence-electron chi connectivity index (χ1n) is 6.53. The van der Waals surface area contributed by atoms with Gasteiger partial charge in [0, 0.05) is 23.1 Å². The largest absolute Gasteiger partial charge is 0.481 e. The lowest BCUT2D eigenvalue weighted by atomic mass is 10.1. The number of aliphatic carboxylic acids is 1. The van der Waals surface area contributed by atoms with Gasteiger partial charge in [-0.2, -0.15) is 0 Å². The molecular formula is C15H17N3O2. The molecule has 5 heteroatoms. The molecule has 0 bridgehead atoms. The average Bonchev–Trinajstić information content (AvgIpc) is 2.42. The molecule has 0 radical (unpaired) electrons. The van der Waals surface area contributed by atoms with Gasteiger partial charge >= 0.3 is 5.97 Å². The van der Waals surface area contributed by atoms with Gasteiger partial charge < -0.3 is 5.11 Å². The Bertz CT molecular complexity index is 630. The summed E-state index contributed by atoms with van der Waals surface area (Å²) in [7, 11) is 0. The number of pyridine rings is 1. The summed E-state index contributed by atoms with van der Waals surface area (Å²) < 4.78 is 0. The van der Waals surface area contributed by atoms with E-state index in [9.17, 15) is 4.79 Å². The highest BCUT2D eigenvalue weighted by Gasteiger charge is 2.14. The van der Waals surface area contributed by atoms with Crippen LogP contribution in [0, 0.1) is 13.8 Å². The third kappa shape index (κ3) is 2.82. The number of aryl methyl sites for hydroxylation is 3. The molecule has 2 heterocycles. The third-order valence-corrected chi connectivity index (χ3v) is 3.23. The normalized spacial score (nSPS) is 10.6. The second kappa shape index (κ2) is 5.77. The van der Waals surface area contributed by atoms with Gasteiger partial charge in [-0.1, -0.05) is 13.0 Å². The van der Waals surface area contributed by atoms with Crippen molar-refractivity contribution in [2.75, 3.05) is 0 Å². The van der Waals surface area contributed by atoms with Crippen molar-refractivity contribution in [2.24, 2.45) is 0 Å². The molecule has 0 fully saturated rings. The molecule has 0 atom stereocenters. The second-order valence-corrected chi connectivity index (χ2v) is 4.63. The van der Waals surface area contributed by atoms with Gasteiger partial charge in [0.15, 0.2) is 5.82 Å². The molecule has 0 amide bonds. The van der Waals surface area contributed by atoms with Crippen LogP contribution in [0.1, 0.15) is 29.4 Å². The van der Waals surface area contributed by atoms with E-state index in [-0.39, 0.29) is 6.42 Å². The van der Waals surface area contributed by atoms with E-state index < -0.39 is 5.97 Å². The molecule has 0 aromatic carbocycles. The summed E-state index contributed by atoms with van der Waals surface area (Å²) in [5.41, 5.74) is 3.92. The minimum absolute atomic E-state index is 0.0548. The number of carboxylic acid groups (broad SMARTS) is 1. The van der Waals surface area contributed by atoms with E-state index in [2.05, 4.69) is 21.9 Å². The van der Waals surface area contributed by atoms with Crippen molar-refractivity contribution in [3.63, 3.8) is 0 Å².